The van der Waals surface area contributed by atoms with Gasteiger partial charge in [0.05, 0.1) is 30.4 Å². The molecule has 1 saturated carbocycles. The Labute approximate surface area is 435 Å². The summed E-state index contributed by atoms with van der Waals surface area (Å²) in [6.07, 6.45) is 8.25. The van der Waals surface area contributed by atoms with Crippen LogP contribution in [-0.2, 0) is 27.3 Å². The van der Waals surface area contributed by atoms with Gasteiger partial charge in [-0.2, -0.15) is 0 Å². The van der Waals surface area contributed by atoms with E-state index in [-0.39, 0.29) is 42.4 Å². The summed E-state index contributed by atoms with van der Waals surface area (Å²) in [5.74, 6) is -1.95. The van der Waals surface area contributed by atoms with E-state index in [1.807, 2.05) is 83.1 Å². The van der Waals surface area contributed by atoms with Crippen molar-refractivity contribution < 1.29 is 28.4 Å². The summed E-state index contributed by atoms with van der Waals surface area (Å²) in [5, 5.41) is 26.9. The Hall–Kier alpha value is -7.92. The van der Waals surface area contributed by atoms with Crippen LogP contribution in [0.3, 0.4) is 0 Å². The van der Waals surface area contributed by atoms with E-state index in [1.54, 1.807) is 85.9 Å². The maximum absolute atomic E-state index is 15.2. The van der Waals surface area contributed by atoms with Crippen LogP contribution in [0.15, 0.2) is 138 Å². The molecule has 1 fully saturated rings. The third-order valence-corrected chi connectivity index (χ3v) is 13.1. The fourth-order valence-electron chi connectivity index (χ4n) is 9.27. The van der Waals surface area contributed by atoms with Gasteiger partial charge in [0.25, 0.3) is 23.6 Å². The van der Waals surface area contributed by atoms with Gasteiger partial charge in [0.1, 0.15) is 23.5 Å². The molecule has 384 valence electrons. The number of furan rings is 1. The monoisotopic (exact) mass is 1020 g/mol. The second-order valence-corrected chi connectivity index (χ2v) is 20.4. The maximum atomic E-state index is 15.2. The highest BCUT2D eigenvalue weighted by Gasteiger charge is 2.40. The number of hydrogen-bond donors (Lipinski definition) is 3. The third-order valence-electron chi connectivity index (χ3n) is 12.9. The Morgan fingerprint density at radius 3 is 2.07 bits per heavy atom. The number of para-hydroxylation sites is 1. The molecule has 0 bridgehead atoms. The van der Waals surface area contributed by atoms with Gasteiger partial charge in [-0.25, -0.2) is 9.36 Å². The van der Waals surface area contributed by atoms with Crippen molar-refractivity contribution in [3.63, 3.8) is 0 Å². The van der Waals surface area contributed by atoms with Crippen LogP contribution in [0.1, 0.15) is 122 Å². The maximum Gasteiger partial charge on any atom is 0.274 e. The van der Waals surface area contributed by atoms with E-state index in [1.165, 1.54) is 25.4 Å². The van der Waals surface area contributed by atoms with Crippen LogP contribution in [-0.4, -0.2) is 77.1 Å². The Morgan fingerprint density at radius 2 is 1.43 bits per heavy atom. The number of carbonyl (C=O) groups is 5. The van der Waals surface area contributed by atoms with Crippen LogP contribution in [0.2, 0.25) is 5.02 Å². The summed E-state index contributed by atoms with van der Waals surface area (Å²) in [6.45, 7) is 11.1. The molecule has 5 amide bonds. The van der Waals surface area contributed by atoms with Gasteiger partial charge in [0.2, 0.25) is 5.91 Å². The molecule has 3 atom stereocenters. The van der Waals surface area contributed by atoms with Crippen molar-refractivity contribution in [2.45, 2.75) is 116 Å². The molecule has 3 N–H and O–H groups in total. The lowest BCUT2D eigenvalue weighted by atomic mass is 9.95. The number of benzene rings is 4. The molecule has 1 aliphatic carbocycles. The zero-order chi connectivity index (χ0) is 52.5. The van der Waals surface area contributed by atoms with E-state index in [4.69, 9.17) is 16.0 Å². The summed E-state index contributed by atoms with van der Waals surface area (Å²) in [6, 6.07) is 32.5. The predicted octanol–water partition coefficient (Wildman–Crippen LogP) is 8.94. The van der Waals surface area contributed by atoms with Gasteiger partial charge >= 0.3 is 0 Å². The van der Waals surface area contributed by atoms with Crippen molar-refractivity contribution in [2.75, 3.05) is 9.80 Å². The molecule has 1 aliphatic rings. The normalized spacial score (nSPS) is 14.2. The van der Waals surface area contributed by atoms with E-state index in [2.05, 4.69) is 36.6 Å². The topological polar surface area (TPSA) is 202 Å². The van der Waals surface area contributed by atoms with E-state index < -0.39 is 41.4 Å². The van der Waals surface area contributed by atoms with Crippen molar-refractivity contribution in [2.24, 2.45) is 5.92 Å². The number of nitrogens with one attached hydrogen (secondary N) is 3. The number of nitrogens with zero attached hydrogens (tertiary/aromatic N) is 8. The average molecular weight is 1020 g/mol. The number of anilines is 2. The van der Waals surface area contributed by atoms with Crippen molar-refractivity contribution in [1.82, 2.24) is 45.9 Å². The van der Waals surface area contributed by atoms with Gasteiger partial charge in [-0.1, -0.05) is 104 Å². The Bertz CT molecular complexity index is 3020. The van der Waals surface area contributed by atoms with Gasteiger partial charge in [-0.05, 0) is 125 Å². The second-order valence-electron chi connectivity index (χ2n) is 19.9. The molecule has 74 heavy (non-hydrogen) atoms. The molecule has 0 radical (unpaired) electrons. The fraction of sp³-hybridized carbons (Fsp3) is 0.339. The molecule has 7 aromatic rings. The fourth-order valence-corrected chi connectivity index (χ4v) is 9.40. The Kier molecular flexibility index (Phi) is 16.5. The molecule has 4 aromatic carbocycles. The van der Waals surface area contributed by atoms with Crippen LogP contribution < -0.4 is 25.8 Å². The largest absolute Gasteiger partial charge is 0.467 e. The first kappa shape index (κ1) is 52.4. The van der Waals surface area contributed by atoms with E-state index in [0.29, 0.717) is 44.8 Å². The van der Waals surface area contributed by atoms with Gasteiger partial charge in [-0.3, -0.25) is 33.8 Å². The van der Waals surface area contributed by atoms with Crippen LogP contribution >= 0.6 is 11.6 Å². The number of amides is 5. The van der Waals surface area contributed by atoms with Gasteiger partial charge in [-0.15, -0.1) is 10.2 Å². The zero-order valence-electron chi connectivity index (χ0n) is 42.4. The standard InChI is InChI=1S/C56H62ClN11O6/c1-36(2)49(53(71)60-56(4,5)6)66(44-30-26-40(57)27-31-44)55(73)46(33-38-17-10-7-11-18-38)65-35-42(61-63-65)34-58-51(69)48-37(3)68(64-62-48)45-28-24-39(25-29-45)54(72)67(43-21-14-9-15-22-43)50(47-23-16-32-74-47)52(70)59-41-19-12-8-13-20-41/h7,9-11,14-18,21-32,35-36,41,46,49-50H,8,12-13,19-20,33-34H2,1-6H3,(H,58,69)(H,59,70)(H,60,71). The lowest BCUT2D eigenvalue weighted by Crippen LogP contribution is -2.57. The van der Waals surface area contributed by atoms with Gasteiger partial charge in [0, 0.05) is 40.0 Å². The molecule has 18 heteroatoms. The summed E-state index contributed by atoms with van der Waals surface area (Å²) >= 11 is 6.31. The Morgan fingerprint density at radius 1 is 0.770 bits per heavy atom. The molecule has 0 saturated heterocycles. The summed E-state index contributed by atoms with van der Waals surface area (Å²) in [4.78, 5) is 74.7. The first-order valence-electron chi connectivity index (χ1n) is 24.9. The van der Waals surface area contributed by atoms with Gasteiger partial charge in [0.15, 0.2) is 11.7 Å². The van der Waals surface area contributed by atoms with Crippen molar-refractivity contribution in [3.05, 3.63) is 173 Å². The zero-order valence-corrected chi connectivity index (χ0v) is 43.2. The summed E-state index contributed by atoms with van der Waals surface area (Å²) < 4.78 is 8.77. The number of aromatic nitrogens is 6. The molecular formula is C56H62ClN11O6. The van der Waals surface area contributed by atoms with Crippen LogP contribution in [0, 0.1) is 12.8 Å². The lowest BCUT2D eigenvalue weighted by Gasteiger charge is -2.37. The predicted molar refractivity (Wildman–Crippen MR) is 282 cm³/mol. The molecule has 0 spiro atoms. The van der Waals surface area contributed by atoms with E-state index >= 15 is 4.79 Å². The van der Waals surface area contributed by atoms with Gasteiger partial charge < -0.3 is 20.4 Å². The molecule has 17 nitrogen and oxygen atoms in total. The number of rotatable bonds is 18. The second kappa shape index (κ2) is 23.3. The summed E-state index contributed by atoms with van der Waals surface area (Å²) in [5.41, 5.74) is 2.99. The van der Waals surface area contributed by atoms with Crippen molar-refractivity contribution in [1.29, 1.82) is 0 Å². The third kappa shape index (κ3) is 12.5. The minimum atomic E-state index is -1.08. The first-order chi connectivity index (χ1) is 35.6. The highest BCUT2D eigenvalue weighted by molar-refractivity contribution is 6.30. The highest BCUT2D eigenvalue weighted by Crippen LogP contribution is 2.33. The SMILES string of the molecule is Cc1c(C(=O)NCc2cn(C(Cc3ccccc3)C(=O)N(c3ccc(Cl)cc3)C(C(=O)NC(C)(C)C)C(C)C)nn2)nnn1-c1ccc(C(=O)N(c2ccccc2)C(C(=O)NC2CCCCC2)c2ccco2)cc1. The molecule has 0 aliphatic heterocycles. The molecule has 8 rings (SSSR count). The molecule has 3 unspecified atom stereocenters. The average Bonchev–Trinajstić information content (AvgIpc) is 4.18. The van der Waals surface area contributed by atoms with Crippen molar-refractivity contribution >= 4 is 52.5 Å². The highest BCUT2D eigenvalue weighted by atomic mass is 35.5. The van der Waals surface area contributed by atoms with E-state index in [9.17, 15) is 19.2 Å². The molecular weight excluding hydrogens is 958 g/mol. The quantitative estimate of drug-likeness (QED) is 0.0745. The molecule has 3 aromatic heterocycles. The van der Waals surface area contributed by atoms with Crippen molar-refractivity contribution in [3.8, 4) is 5.69 Å². The smallest absolute Gasteiger partial charge is 0.274 e. The van der Waals surface area contributed by atoms with Crippen LogP contribution in [0.5, 0.6) is 0 Å². The van der Waals surface area contributed by atoms with Crippen LogP contribution in [0.25, 0.3) is 5.69 Å². The van der Waals surface area contributed by atoms with Crippen LogP contribution in [0.4, 0.5) is 11.4 Å². The minimum absolute atomic E-state index is 0.00672. The summed E-state index contributed by atoms with van der Waals surface area (Å²) in [7, 11) is 0. The Balaban J connectivity index is 1.00. The lowest BCUT2D eigenvalue weighted by molar-refractivity contribution is -0.129. The van der Waals surface area contributed by atoms with E-state index in [0.717, 1.165) is 37.7 Å². The molecule has 3 heterocycles. The first-order valence-corrected chi connectivity index (χ1v) is 25.3. The minimum Gasteiger partial charge on any atom is -0.467 e. The number of carbonyl (C=O) groups excluding carboxylic acids is 5. The number of halogens is 1. The number of hydrogen-bond acceptors (Lipinski definition) is 10.